The number of oxazole rings is 1. The van der Waals surface area contributed by atoms with Crippen LogP contribution in [-0.4, -0.2) is 24.2 Å². The molecule has 0 aromatic carbocycles. The van der Waals surface area contributed by atoms with Crippen molar-refractivity contribution in [2.24, 2.45) is 0 Å². The third-order valence-electron chi connectivity index (χ3n) is 2.29. The zero-order chi connectivity index (χ0) is 13.9. The highest BCUT2D eigenvalue weighted by molar-refractivity contribution is 5.87. The second-order valence-electron chi connectivity index (χ2n) is 5.39. The fourth-order valence-corrected chi connectivity index (χ4v) is 1.40. The minimum atomic E-state index is -0.511. The highest BCUT2D eigenvalue weighted by Crippen LogP contribution is 2.26. The van der Waals surface area contributed by atoms with E-state index in [0.29, 0.717) is 11.6 Å². The van der Waals surface area contributed by atoms with E-state index in [9.17, 15) is 4.79 Å². The van der Waals surface area contributed by atoms with Crippen molar-refractivity contribution >= 4 is 5.97 Å². The minimum Gasteiger partial charge on any atom is -0.463 e. The fourth-order valence-electron chi connectivity index (χ4n) is 1.40. The van der Waals surface area contributed by atoms with Crippen molar-refractivity contribution in [2.45, 2.75) is 52.7 Å². The highest BCUT2D eigenvalue weighted by atomic mass is 16.5. The van der Waals surface area contributed by atoms with Gasteiger partial charge in [-0.05, 0) is 13.8 Å². The number of rotatable bonds is 4. The van der Waals surface area contributed by atoms with Gasteiger partial charge in [0.25, 0.3) is 0 Å². The van der Waals surface area contributed by atoms with Gasteiger partial charge in [-0.1, -0.05) is 20.8 Å². The van der Waals surface area contributed by atoms with Gasteiger partial charge in [0, 0.05) is 5.41 Å². The van der Waals surface area contributed by atoms with Crippen molar-refractivity contribution in [2.75, 3.05) is 7.11 Å². The molecule has 0 saturated heterocycles. The summed E-state index contributed by atoms with van der Waals surface area (Å²) < 4.78 is 15.5. The molecule has 1 aromatic heterocycles. The van der Waals surface area contributed by atoms with E-state index in [1.807, 2.05) is 34.6 Å². The van der Waals surface area contributed by atoms with Crippen molar-refractivity contribution in [3.63, 3.8) is 0 Å². The van der Waals surface area contributed by atoms with Gasteiger partial charge in [-0.2, -0.15) is 0 Å². The molecule has 18 heavy (non-hydrogen) atoms. The smallest absolute Gasteiger partial charge is 0.376 e. The zero-order valence-electron chi connectivity index (χ0n) is 11.9. The van der Waals surface area contributed by atoms with Crippen molar-refractivity contribution in [1.82, 2.24) is 4.98 Å². The normalized spacial score (nSPS) is 11.9. The number of nitrogens with zero attached hydrogens (tertiary/aromatic N) is 1. The highest BCUT2D eigenvalue weighted by Gasteiger charge is 2.29. The van der Waals surface area contributed by atoms with Crippen LogP contribution >= 0.6 is 0 Å². The van der Waals surface area contributed by atoms with E-state index in [1.54, 1.807) is 0 Å². The van der Waals surface area contributed by atoms with Crippen LogP contribution < -0.4 is 0 Å². The van der Waals surface area contributed by atoms with E-state index in [-0.39, 0.29) is 23.9 Å². The van der Waals surface area contributed by atoms with Crippen LogP contribution in [0, 0.1) is 0 Å². The van der Waals surface area contributed by atoms with Gasteiger partial charge in [0.1, 0.15) is 6.61 Å². The van der Waals surface area contributed by atoms with Crippen LogP contribution in [0.3, 0.4) is 0 Å². The van der Waals surface area contributed by atoms with Gasteiger partial charge < -0.3 is 13.9 Å². The molecular formula is C13H21NO4. The number of carbonyl (C=O) groups excluding carboxylic acids is 1. The third kappa shape index (κ3) is 3.57. The van der Waals surface area contributed by atoms with Crippen LogP contribution in [0.4, 0.5) is 0 Å². The Kier molecular flexibility index (Phi) is 4.51. The number of carbonyl (C=O) groups is 1. The largest absolute Gasteiger partial charge is 0.463 e. The summed E-state index contributed by atoms with van der Waals surface area (Å²) in [6.07, 6.45) is 0.0802. The predicted octanol–water partition coefficient (Wildman–Crippen LogP) is 2.68. The Morgan fingerprint density at radius 1 is 1.39 bits per heavy atom. The number of ether oxygens (including phenoxy) is 2. The lowest BCUT2D eigenvalue weighted by molar-refractivity contribution is 0.0465. The first-order valence-corrected chi connectivity index (χ1v) is 5.95. The first-order valence-electron chi connectivity index (χ1n) is 5.95. The van der Waals surface area contributed by atoms with Gasteiger partial charge in [0.2, 0.25) is 11.7 Å². The van der Waals surface area contributed by atoms with E-state index >= 15 is 0 Å². The lowest BCUT2D eigenvalue weighted by Crippen LogP contribution is -2.17. The molecule has 1 heterocycles. The molecule has 1 aromatic rings. The molecule has 0 spiro atoms. The molecule has 102 valence electrons. The average Bonchev–Trinajstić information content (AvgIpc) is 2.69. The molecule has 0 aliphatic rings. The minimum absolute atomic E-state index is 0.0802. The summed E-state index contributed by atoms with van der Waals surface area (Å²) >= 11 is 0. The van der Waals surface area contributed by atoms with E-state index < -0.39 is 5.97 Å². The molecular weight excluding hydrogens is 234 g/mol. The van der Waals surface area contributed by atoms with Crippen LogP contribution in [-0.2, 0) is 21.5 Å². The molecule has 0 saturated carbocycles. The first kappa shape index (κ1) is 14.7. The van der Waals surface area contributed by atoms with E-state index in [1.165, 1.54) is 7.11 Å². The van der Waals surface area contributed by atoms with Gasteiger partial charge in [-0.15, -0.1) is 0 Å². The molecule has 5 heteroatoms. The molecule has 5 nitrogen and oxygen atoms in total. The van der Waals surface area contributed by atoms with E-state index in [0.717, 1.165) is 0 Å². The summed E-state index contributed by atoms with van der Waals surface area (Å²) in [5.74, 6) is 0.0459. The van der Waals surface area contributed by atoms with Crippen LogP contribution in [0.2, 0.25) is 0 Å². The Morgan fingerprint density at radius 3 is 2.44 bits per heavy atom. The Hall–Kier alpha value is -1.36. The van der Waals surface area contributed by atoms with Crippen molar-refractivity contribution in [1.29, 1.82) is 0 Å². The maximum Gasteiger partial charge on any atom is 0.376 e. The number of methoxy groups -OCH3 is 1. The molecule has 0 unspecified atom stereocenters. The fraction of sp³-hybridized carbons (Fsp3) is 0.692. The summed E-state index contributed by atoms with van der Waals surface area (Å²) in [5.41, 5.74) is 0.306. The molecule has 0 fully saturated rings. The van der Waals surface area contributed by atoms with Gasteiger partial charge in [-0.25, -0.2) is 9.78 Å². The van der Waals surface area contributed by atoms with Crippen molar-refractivity contribution in [3.05, 3.63) is 17.3 Å². The summed E-state index contributed by atoms with van der Waals surface area (Å²) in [6, 6.07) is 0. The number of esters is 1. The monoisotopic (exact) mass is 255 g/mol. The molecule has 1 rings (SSSR count). The second-order valence-corrected chi connectivity index (χ2v) is 5.39. The summed E-state index contributed by atoms with van der Waals surface area (Å²) in [4.78, 5) is 16.0. The average molecular weight is 255 g/mol. The Morgan fingerprint density at radius 2 is 2.00 bits per heavy atom. The lowest BCUT2D eigenvalue weighted by atomic mass is 9.91. The predicted molar refractivity (Wildman–Crippen MR) is 66.5 cm³/mol. The Bertz CT molecular complexity index is 415. The summed E-state index contributed by atoms with van der Waals surface area (Å²) in [5, 5.41) is 0. The van der Waals surface area contributed by atoms with Crippen molar-refractivity contribution < 1.29 is 18.7 Å². The Labute approximate surface area is 107 Å². The third-order valence-corrected chi connectivity index (χ3v) is 2.29. The number of aromatic nitrogens is 1. The van der Waals surface area contributed by atoms with Crippen LogP contribution in [0.5, 0.6) is 0 Å². The molecule has 0 atom stereocenters. The van der Waals surface area contributed by atoms with Gasteiger partial charge >= 0.3 is 5.97 Å². The maximum absolute atomic E-state index is 11.6. The van der Waals surface area contributed by atoms with E-state index in [4.69, 9.17) is 13.9 Å². The van der Waals surface area contributed by atoms with Gasteiger partial charge in [-0.3, -0.25) is 0 Å². The maximum atomic E-state index is 11.6. The van der Waals surface area contributed by atoms with E-state index in [2.05, 4.69) is 4.98 Å². The summed E-state index contributed by atoms with van der Waals surface area (Å²) in [7, 11) is 1.32. The SMILES string of the molecule is COC(=O)c1oc(COC(C)C)nc1C(C)(C)C. The molecule has 0 aliphatic carbocycles. The van der Waals surface area contributed by atoms with Crippen LogP contribution in [0.1, 0.15) is 56.8 Å². The summed E-state index contributed by atoms with van der Waals surface area (Å²) in [6.45, 7) is 9.99. The number of hydrogen-bond acceptors (Lipinski definition) is 5. The van der Waals surface area contributed by atoms with Crippen LogP contribution in [0.25, 0.3) is 0 Å². The topological polar surface area (TPSA) is 61.6 Å². The standard InChI is InChI=1S/C13H21NO4/c1-8(2)17-7-9-14-11(13(3,4)5)10(18-9)12(15)16-6/h8H,7H2,1-6H3. The Balaban J connectivity index is 3.04. The molecule has 0 radical (unpaired) electrons. The molecule has 0 bridgehead atoms. The van der Waals surface area contributed by atoms with Crippen LogP contribution in [0.15, 0.2) is 4.42 Å². The number of hydrogen-bond donors (Lipinski definition) is 0. The zero-order valence-corrected chi connectivity index (χ0v) is 11.9. The lowest BCUT2D eigenvalue weighted by Gasteiger charge is -2.15. The molecule has 0 aliphatic heterocycles. The molecule has 0 amide bonds. The second kappa shape index (κ2) is 5.52. The quantitative estimate of drug-likeness (QED) is 0.774. The van der Waals surface area contributed by atoms with Gasteiger partial charge in [0.15, 0.2) is 0 Å². The molecule has 0 N–H and O–H groups in total. The van der Waals surface area contributed by atoms with Crippen molar-refractivity contribution in [3.8, 4) is 0 Å². The first-order chi connectivity index (χ1) is 8.25. The van der Waals surface area contributed by atoms with Gasteiger partial charge in [0.05, 0.1) is 18.9 Å².